The van der Waals surface area contributed by atoms with Crippen LogP contribution in [0.15, 0.2) is 109 Å². The van der Waals surface area contributed by atoms with Gasteiger partial charge < -0.3 is 10.6 Å². The standard InChI is InChI=1S/C35H26Cl2N4O2/c36-24-14-10-22(11-15-24)32-20-28(26-6-1-3-8-30(26)40-32)34(42)38-18-5-19-39-35(43)29-21-33(23-12-16-25(37)17-13-23)41-31-9-4-2-7-27(29)31/h1-4,6-17,20-21H,5,18-19H2,(H,38,42)(H,39,43). The van der Waals surface area contributed by atoms with Gasteiger partial charge in [0.05, 0.1) is 33.5 Å². The average Bonchev–Trinajstić information content (AvgIpc) is 3.04. The number of rotatable bonds is 8. The monoisotopic (exact) mass is 604 g/mol. The molecular weight excluding hydrogens is 579 g/mol. The Morgan fingerprint density at radius 2 is 0.953 bits per heavy atom. The van der Waals surface area contributed by atoms with E-state index >= 15 is 0 Å². The van der Waals surface area contributed by atoms with E-state index in [2.05, 4.69) is 10.6 Å². The van der Waals surface area contributed by atoms with Crippen LogP contribution in [0.25, 0.3) is 44.3 Å². The van der Waals surface area contributed by atoms with Crippen molar-refractivity contribution in [2.45, 2.75) is 6.42 Å². The average molecular weight is 606 g/mol. The van der Waals surface area contributed by atoms with Crippen LogP contribution in [-0.4, -0.2) is 34.9 Å². The maximum Gasteiger partial charge on any atom is 0.252 e. The van der Waals surface area contributed by atoms with E-state index in [4.69, 9.17) is 33.2 Å². The minimum Gasteiger partial charge on any atom is -0.352 e. The molecule has 6 rings (SSSR count). The fraction of sp³-hybridized carbons (Fsp3) is 0.0857. The molecule has 4 aromatic carbocycles. The largest absolute Gasteiger partial charge is 0.352 e. The summed E-state index contributed by atoms with van der Waals surface area (Å²) in [7, 11) is 0. The SMILES string of the molecule is O=C(NCCCNC(=O)c1cc(-c2ccc(Cl)cc2)nc2ccccc12)c1cc(-c2ccc(Cl)cc2)nc2ccccc12. The number of halogens is 2. The van der Waals surface area contributed by atoms with Gasteiger partial charge in [-0.3, -0.25) is 9.59 Å². The van der Waals surface area contributed by atoms with Crippen molar-refractivity contribution in [3.63, 3.8) is 0 Å². The lowest BCUT2D eigenvalue weighted by Gasteiger charge is -2.12. The first-order chi connectivity index (χ1) is 21.0. The van der Waals surface area contributed by atoms with Crippen molar-refractivity contribution in [1.82, 2.24) is 20.6 Å². The summed E-state index contributed by atoms with van der Waals surface area (Å²) in [6.07, 6.45) is 0.553. The molecule has 8 heteroatoms. The maximum atomic E-state index is 13.3. The van der Waals surface area contributed by atoms with E-state index in [-0.39, 0.29) is 11.8 Å². The molecule has 0 atom stereocenters. The topological polar surface area (TPSA) is 84.0 Å². The summed E-state index contributed by atoms with van der Waals surface area (Å²) in [5, 5.41) is 8.80. The molecule has 2 N–H and O–H groups in total. The molecule has 6 nitrogen and oxygen atoms in total. The first-order valence-electron chi connectivity index (χ1n) is 13.8. The fourth-order valence-corrected chi connectivity index (χ4v) is 5.20. The molecule has 2 aromatic heterocycles. The van der Waals surface area contributed by atoms with E-state index < -0.39 is 0 Å². The van der Waals surface area contributed by atoms with Gasteiger partial charge in [0.25, 0.3) is 11.8 Å². The van der Waals surface area contributed by atoms with E-state index in [1.807, 2.05) is 72.8 Å². The summed E-state index contributed by atoms with van der Waals surface area (Å²) < 4.78 is 0. The number of carbonyl (C=O) groups is 2. The molecule has 0 spiro atoms. The quantitative estimate of drug-likeness (QED) is 0.172. The van der Waals surface area contributed by atoms with Crippen molar-refractivity contribution >= 4 is 56.8 Å². The third-order valence-electron chi connectivity index (χ3n) is 7.13. The molecule has 212 valence electrons. The maximum absolute atomic E-state index is 13.3. The summed E-state index contributed by atoms with van der Waals surface area (Å²) in [5.41, 5.74) is 5.66. The molecule has 0 aliphatic carbocycles. The lowest BCUT2D eigenvalue weighted by Crippen LogP contribution is -2.30. The van der Waals surface area contributed by atoms with Gasteiger partial charge in [-0.1, -0.05) is 83.9 Å². The Kier molecular flexibility index (Phi) is 8.31. The van der Waals surface area contributed by atoms with Gasteiger partial charge in [0.1, 0.15) is 0 Å². The van der Waals surface area contributed by atoms with Crippen LogP contribution in [-0.2, 0) is 0 Å². The first-order valence-corrected chi connectivity index (χ1v) is 14.6. The second-order valence-corrected chi connectivity index (χ2v) is 10.9. The molecule has 0 saturated heterocycles. The third-order valence-corrected chi connectivity index (χ3v) is 7.63. The molecule has 2 heterocycles. The predicted octanol–water partition coefficient (Wildman–Crippen LogP) is 7.97. The Labute approximate surface area is 258 Å². The van der Waals surface area contributed by atoms with Crippen molar-refractivity contribution < 1.29 is 9.59 Å². The smallest absolute Gasteiger partial charge is 0.252 e. The summed E-state index contributed by atoms with van der Waals surface area (Å²) in [6, 6.07) is 33.5. The molecule has 43 heavy (non-hydrogen) atoms. The van der Waals surface area contributed by atoms with E-state index in [1.165, 1.54) is 0 Å². The van der Waals surface area contributed by atoms with Crippen LogP contribution in [0, 0.1) is 0 Å². The molecule has 0 radical (unpaired) electrons. The number of benzene rings is 4. The molecule has 0 saturated carbocycles. The highest BCUT2D eigenvalue weighted by molar-refractivity contribution is 6.31. The molecule has 0 aliphatic rings. The number of hydrogen-bond acceptors (Lipinski definition) is 4. The van der Waals surface area contributed by atoms with E-state index in [1.54, 1.807) is 36.4 Å². The zero-order chi connectivity index (χ0) is 29.8. The highest BCUT2D eigenvalue weighted by Crippen LogP contribution is 2.27. The van der Waals surface area contributed by atoms with Gasteiger partial charge in [-0.05, 0) is 55.0 Å². The summed E-state index contributed by atoms with van der Waals surface area (Å²) in [4.78, 5) is 36.1. The Morgan fingerprint density at radius 3 is 1.37 bits per heavy atom. The number of para-hydroxylation sites is 2. The Bertz CT molecular complexity index is 1820. The van der Waals surface area contributed by atoms with Crippen LogP contribution in [0.4, 0.5) is 0 Å². The van der Waals surface area contributed by atoms with Crippen LogP contribution in [0.5, 0.6) is 0 Å². The highest BCUT2D eigenvalue weighted by Gasteiger charge is 2.16. The molecule has 2 amide bonds. The van der Waals surface area contributed by atoms with E-state index in [9.17, 15) is 9.59 Å². The van der Waals surface area contributed by atoms with Crippen LogP contribution in [0.2, 0.25) is 10.0 Å². The number of carbonyl (C=O) groups excluding carboxylic acids is 2. The van der Waals surface area contributed by atoms with Crippen LogP contribution in [0.3, 0.4) is 0 Å². The van der Waals surface area contributed by atoms with E-state index in [0.717, 1.165) is 32.9 Å². The van der Waals surface area contributed by atoms with Gasteiger partial charge in [-0.15, -0.1) is 0 Å². The number of nitrogens with one attached hydrogen (secondary N) is 2. The number of hydrogen-bond donors (Lipinski definition) is 2. The molecular formula is C35H26Cl2N4O2. The zero-order valence-electron chi connectivity index (χ0n) is 23.0. The lowest BCUT2D eigenvalue weighted by molar-refractivity contribution is 0.0953. The van der Waals surface area contributed by atoms with Gasteiger partial charge >= 0.3 is 0 Å². The Balaban J connectivity index is 1.13. The predicted molar refractivity (Wildman–Crippen MR) is 174 cm³/mol. The summed E-state index contributed by atoms with van der Waals surface area (Å²) >= 11 is 12.1. The molecule has 6 aromatic rings. The van der Waals surface area contributed by atoms with Gasteiger partial charge in [0, 0.05) is 45.0 Å². The van der Waals surface area contributed by atoms with Crippen molar-refractivity contribution in [3.05, 3.63) is 130 Å². The minimum atomic E-state index is -0.201. The first kappa shape index (κ1) is 28.3. The second kappa shape index (κ2) is 12.6. The number of amides is 2. The van der Waals surface area contributed by atoms with E-state index in [0.29, 0.717) is 52.1 Å². The van der Waals surface area contributed by atoms with Gasteiger partial charge in [0.2, 0.25) is 0 Å². The van der Waals surface area contributed by atoms with Crippen molar-refractivity contribution in [2.24, 2.45) is 0 Å². The molecule has 0 aliphatic heterocycles. The third kappa shape index (κ3) is 6.36. The fourth-order valence-electron chi connectivity index (χ4n) is 4.95. The van der Waals surface area contributed by atoms with Gasteiger partial charge in [0.15, 0.2) is 0 Å². The van der Waals surface area contributed by atoms with Gasteiger partial charge in [-0.2, -0.15) is 0 Å². The second-order valence-electron chi connectivity index (χ2n) is 10.0. The molecule has 0 bridgehead atoms. The minimum absolute atomic E-state index is 0.201. The number of fused-ring (bicyclic) bond motifs is 2. The molecule has 0 unspecified atom stereocenters. The van der Waals surface area contributed by atoms with Gasteiger partial charge in [-0.25, -0.2) is 9.97 Å². The molecule has 0 fully saturated rings. The van der Waals surface area contributed by atoms with Crippen molar-refractivity contribution in [2.75, 3.05) is 13.1 Å². The normalized spacial score (nSPS) is 11.0. The highest BCUT2D eigenvalue weighted by atomic mass is 35.5. The number of aromatic nitrogens is 2. The van der Waals surface area contributed by atoms with Crippen LogP contribution < -0.4 is 10.6 Å². The number of pyridine rings is 2. The summed E-state index contributed by atoms with van der Waals surface area (Å²) in [5.74, 6) is -0.402. The van der Waals surface area contributed by atoms with Crippen LogP contribution >= 0.6 is 23.2 Å². The van der Waals surface area contributed by atoms with Crippen molar-refractivity contribution in [1.29, 1.82) is 0 Å². The summed E-state index contributed by atoms with van der Waals surface area (Å²) in [6.45, 7) is 0.776. The Hall–Kier alpha value is -4.78. The number of nitrogens with zero attached hydrogens (tertiary/aromatic N) is 2. The van der Waals surface area contributed by atoms with Crippen molar-refractivity contribution in [3.8, 4) is 22.5 Å². The zero-order valence-corrected chi connectivity index (χ0v) is 24.5. The lowest BCUT2D eigenvalue weighted by atomic mass is 10.0. The van der Waals surface area contributed by atoms with Crippen LogP contribution in [0.1, 0.15) is 27.1 Å². The Morgan fingerprint density at radius 1 is 0.558 bits per heavy atom.